The summed E-state index contributed by atoms with van der Waals surface area (Å²) < 4.78 is 16.8. The quantitative estimate of drug-likeness (QED) is 0.642. The summed E-state index contributed by atoms with van der Waals surface area (Å²) in [5.41, 5.74) is 1.89. The summed E-state index contributed by atoms with van der Waals surface area (Å²) >= 11 is 3.49. The zero-order chi connectivity index (χ0) is 19.8. The number of methoxy groups -OCH3 is 2. The molecule has 2 N–H and O–H groups in total. The molecular weight excluding hydrogens is 412 g/mol. The number of rotatable bonds is 8. The molecule has 2 rings (SSSR count). The predicted molar refractivity (Wildman–Crippen MR) is 109 cm³/mol. The van der Waals surface area contributed by atoms with Crippen molar-refractivity contribution in [1.82, 2.24) is 10.6 Å². The molecule has 146 valence electrons. The topological polar surface area (TPSA) is 68.8 Å². The minimum atomic E-state index is -0.252. The summed E-state index contributed by atoms with van der Waals surface area (Å²) in [6, 6.07) is 11.0. The Morgan fingerprint density at radius 3 is 2.33 bits per heavy atom. The zero-order valence-corrected chi connectivity index (χ0v) is 17.6. The van der Waals surface area contributed by atoms with Gasteiger partial charge < -0.3 is 24.8 Å². The lowest BCUT2D eigenvalue weighted by molar-refractivity contribution is 0.237. The van der Waals surface area contributed by atoms with E-state index in [1.165, 1.54) is 0 Å². The number of carbonyl (C=O) groups excluding carboxylic acids is 1. The Kier molecular flexibility index (Phi) is 7.79. The highest BCUT2D eigenvalue weighted by atomic mass is 79.9. The molecule has 0 aliphatic heterocycles. The van der Waals surface area contributed by atoms with Crippen LogP contribution in [-0.4, -0.2) is 26.9 Å². The van der Waals surface area contributed by atoms with E-state index in [1.807, 2.05) is 50.2 Å². The van der Waals surface area contributed by atoms with Gasteiger partial charge in [-0.25, -0.2) is 4.79 Å². The van der Waals surface area contributed by atoms with Crippen molar-refractivity contribution in [2.24, 2.45) is 0 Å². The van der Waals surface area contributed by atoms with Crippen molar-refractivity contribution in [3.63, 3.8) is 0 Å². The van der Waals surface area contributed by atoms with Gasteiger partial charge in [-0.3, -0.25) is 0 Å². The van der Waals surface area contributed by atoms with Gasteiger partial charge in [0.15, 0.2) is 11.5 Å². The molecule has 2 aromatic carbocycles. The molecule has 27 heavy (non-hydrogen) atoms. The van der Waals surface area contributed by atoms with Gasteiger partial charge in [0, 0.05) is 11.0 Å². The maximum Gasteiger partial charge on any atom is 0.315 e. The van der Waals surface area contributed by atoms with E-state index in [0.29, 0.717) is 24.7 Å². The third kappa shape index (κ3) is 5.79. The molecule has 0 spiro atoms. The Morgan fingerprint density at radius 1 is 1.11 bits per heavy atom. The zero-order valence-electron chi connectivity index (χ0n) is 16.0. The summed E-state index contributed by atoms with van der Waals surface area (Å²) in [6.07, 6.45) is 0. The van der Waals surface area contributed by atoms with Gasteiger partial charge in [-0.05, 0) is 49.2 Å². The predicted octanol–water partition coefficient (Wildman–Crippen LogP) is 4.43. The van der Waals surface area contributed by atoms with Crippen LogP contribution in [0.4, 0.5) is 4.79 Å². The van der Waals surface area contributed by atoms with Gasteiger partial charge >= 0.3 is 6.03 Å². The first kappa shape index (κ1) is 20.9. The number of urea groups is 1. The van der Waals surface area contributed by atoms with E-state index in [4.69, 9.17) is 14.2 Å². The van der Waals surface area contributed by atoms with Crippen molar-refractivity contribution in [2.75, 3.05) is 20.8 Å². The van der Waals surface area contributed by atoms with E-state index in [-0.39, 0.29) is 12.1 Å². The van der Waals surface area contributed by atoms with Crippen LogP contribution in [0.1, 0.15) is 31.0 Å². The molecule has 0 aliphatic carbocycles. The van der Waals surface area contributed by atoms with Crippen LogP contribution in [-0.2, 0) is 6.54 Å². The van der Waals surface area contributed by atoms with Crippen LogP contribution >= 0.6 is 15.9 Å². The number of ether oxygens (including phenoxy) is 3. The van der Waals surface area contributed by atoms with Crippen molar-refractivity contribution >= 4 is 22.0 Å². The van der Waals surface area contributed by atoms with Crippen LogP contribution < -0.4 is 24.8 Å². The Labute approximate surface area is 168 Å². The molecule has 0 aromatic heterocycles. The third-order valence-electron chi connectivity index (χ3n) is 4.03. The van der Waals surface area contributed by atoms with Crippen LogP contribution in [0, 0.1) is 0 Å². The number of carbonyl (C=O) groups is 1. The minimum Gasteiger partial charge on any atom is -0.494 e. The van der Waals surface area contributed by atoms with Gasteiger partial charge in [0.2, 0.25) is 0 Å². The largest absolute Gasteiger partial charge is 0.494 e. The first-order valence-electron chi connectivity index (χ1n) is 8.66. The van der Waals surface area contributed by atoms with Crippen LogP contribution in [0.5, 0.6) is 17.2 Å². The molecule has 1 atom stereocenters. The molecular formula is C20H25BrN2O4. The fourth-order valence-corrected chi connectivity index (χ4v) is 3.02. The normalized spacial score (nSPS) is 11.4. The van der Waals surface area contributed by atoms with Crippen LogP contribution in [0.2, 0.25) is 0 Å². The smallest absolute Gasteiger partial charge is 0.315 e. The van der Waals surface area contributed by atoms with Gasteiger partial charge in [-0.1, -0.05) is 28.1 Å². The van der Waals surface area contributed by atoms with Crippen molar-refractivity contribution in [3.05, 3.63) is 52.0 Å². The first-order valence-corrected chi connectivity index (χ1v) is 9.45. The highest BCUT2D eigenvalue weighted by Gasteiger charge is 2.12. The summed E-state index contributed by atoms with van der Waals surface area (Å²) in [6.45, 7) is 4.85. The molecule has 0 fully saturated rings. The Hall–Kier alpha value is -2.41. The molecule has 0 aliphatic rings. The Balaban J connectivity index is 1.94. The molecule has 0 radical (unpaired) electrons. The second-order valence-electron chi connectivity index (χ2n) is 5.85. The molecule has 0 saturated carbocycles. The van der Waals surface area contributed by atoms with E-state index < -0.39 is 0 Å². The van der Waals surface area contributed by atoms with Crippen LogP contribution in [0.15, 0.2) is 40.9 Å². The fraction of sp³-hybridized carbons (Fsp3) is 0.350. The fourth-order valence-electron chi connectivity index (χ4n) is 2.56. The monoisotopic (exact) mass is 436 g/mol. The summed E-state index contributed by atoms with van der Waals surface area (Å²) in [5, 5.41) is 5.79. The lowest BCUT2D eigenvalue weighted by Crippen LogP contribution is -2.36. The number of halogens is 1. The highest BCUT2D eigenvalue weighted by molar-refractivity contribution is 9.10. The molecule has 0 saturated heterocycles. The number of nitrogens with one attached hydrogen (secondary N) is 2. The lowest BCUT2D eigenvalue weighted by Gasteiger charge is -2.16. The van der Waals surface area contributed by atoms with E-state index in [1.54, 1.807) is 14.2 Å². The highest BCUT2D eigenvalue weighted by Crippen LogP contribution is 2.33. The minimum absolute atomic E-state index is 0.130. The van der Waals surface area contributed by atoms with Crippen molar-refractivity contribution in [1.29, 1.82) is 0 Å². The molecule has 0 bridgehead atoms. The standard InChI is InChI=1S/C20H25BrN2O4/c1-5-27-16-8-6-14(7-9-16)13(2)23-20(24)22-12-15-10-18(25-3)19(26-4)11-17(15)21/h6-11,13H,5,12H2,1-4H3,(H2,22,23,24). The maximum atomic E-state index is 12.2. The second-order valence-corrected chi connectivity index (χ2v) is 6.70. The van der Waals surface area contributed by atoms with Gasteiger partial charge in [0.1, 0.15) is 5.75 Å². The van der Waals surface area contributed by atoms with Gasteiger partial charge in [-0.15, -0.1) is 0 Å². The SMILES string of the molecule is CCOc1ccc(C(C)NC(=O)NCc2cc(OC)c(OC)cc2Br)cc1. The molecule has 0 heterocycles. The maximum absolute atomic E-state index is 12.2. The average molecular weight is 437 g/mol. The summed E-state index contributed by atoms with van der Waals surface area (Å²) in [7, 11) is 3.16. The number of benzene rings is 2. The van der Waals surface area contributed by atoms with Crippen LogP contribution in [0.3, 0.4) is 0 Å². The van der Waals surface area contributed by atoms with E-state index in [2.05, 4.69) is 26.6 Å². The molecule has 6 nitrogen and oxygen atoms in total. The molecule has 7 heteroatoms. The van der Waals surface area contributed by atoms with E-state index in [9.17, 15) is 4.79 Å². The Bertz CT molecular complexity index is 765. The summed E-state index contributed by atoms with van der Waals surface area (Å²) in [5.74, 6) is 2.05. The average Bonchev–Trinajstić information content (AvgIpc) is 2.67. The van der Waals surface area contributed by atoms with Gasteiger partial charge in [-0.2, -0.15) is 0 Å². The van der Waals surface area contributed by atoms with E-state index >= 15 is 0 Å². The van der Waals surface area contributed by atoms with E-state index in [0.717, 1.165) is 21.3 Å². The van der Waals surface area contributed by atoms with Crippen LogP contribution in [0.25, 0.3) is 0 Å². The molecule has 2 aromatic rings. The van der Waals surface area contributed by atoms with Crippen molar-refractivity contribution in [3.8, 4) is 17.2 Å². The molecule has 2 amide bonds. The molecule has 1 unspecified atom stereocenters. The van der Waals surface area contributed by atoms with Gasteiger partial charge in [0.05, 0.1) is 26.9 Å². The van der Waals surface area contributed by atoms with Crippen molar-refractivity contribution in [2.45, 2.75) is 26.4 Å². The van der Waals surface area contributed by atoms with Gasteiger partial charge in [0.25, 0.3) is 0 Å². The number of amides is 2. The number of hydrogen-bond acceptors (Lipinski definition) is 4. The third-order valence-corrected chi connectivity index (χ3v) is 4.77. The van der Waals surface area contributed by atoms with Crippen molar-refractivity contribution < 1.29 is 19.0 Å². The lowest BCUT2D eigenvalue weighted by atomic mass is 10.1. The number of hydrogen-bond donors (Lipinski definition) is 2. The first-order chi connectivity index (χ1) is 13.0. The summed E-state index contributed by atoms with van der Waals surface area (Å²) in [4.78, 5) is 12.2. The second kappa shape index (κ2) is 10.1. The Morgan fingerprint density at radius 2 is 1.74 bits per heavy atom.